The van der Waals surface area contributed by atoms with Crippen LogP contribution in [0, 0.1) is 5.92 Å². The number of sulfonamides is 1. The quantitative estimate of drug-likeness (QED) is 0.309. The van der Waals surface area contributed by atoms with Crippen LogP contribution in [0.1, 0.15) is 31.4 Å². The highest BCUT2D eigenvalue weighted by Gasteiger charge is 2.29. The molecule has 0 amide bonds. The van der Waals surface area contributed by atoms with E-state index < -0.39 is 10.0 Å². The van der Waals surface area contributed by atoms with Gasteiger partial charge in [-0.2, -0.15) is 0 Å². The van der Waals surface area contributed by atoms with Gasteiger partial charge in [0.1, 0.15) is 11.0 Å². The molecular formula is C29H31N5O4S. The first kappa shape index (κ1) is 25.4. The molecule has 2 N–H and O–H groups in total. The zero-order valence-corrected chi connectivity index (χ0v) is 22.7. The van der Waals surface area contributed by atoms with Gasteiger partial charge in [-0.05, 0) is 55.0 Å². The Kier molecular flexibility index (Phi) is 6.52. The van der Waals surface area contributed by atoms with Crippen LogP contribution in [-0.4, -0.2) is 46.5 Å². The third-order valence-corrected chi connectivity index (χ3v) is 8.98. The van der Waals surface area contributed by atoms with Gasteiger partial charge in [-0.25, -0.2) is 13.4 Å². The molecule has 1 atom stereocenters. The van der Waals surface area contributed by atoms with Crippen molar-refractivity contribution in [3.05, 3.63) is 83.2 Å². The Balaban J connectivity index is 1.61. The molecule has 0 saturated carbocycles. The number of ether oxygens (including phenoxy) is 1. The molecule has 1 fully saturated rings. The van der Waals surface area contributed by atoms with Gasteiger partial charge in [0.25, 0.3) is 5.56 Å². The van der Waals surface area contributed by atoms with Gasteiger partial charge >= 0.3 is 0 Å². The molecule has 1 saturated heterocycles. The van der Waals surface area contributed by atoms with Gasteiger partial charge < -0.3 is 18.9 Å². The summed E-state index contributed by atoms with van der Waals surface area (Å²) in [4.78, 5) is 20.1. The average Bonchev–Trinajstić information content (AvgIpc) is 3.52. The minimum absolute atomic E-state index is 0.00124. The van der Waals surface area contributed by atoms with Crippen LogP contribution in [0.2, 0.25) is 0 Å². The second kappa shape index (κ2) is 10.0. The van der Waals surface area contributed by atoms with E-state index >= 15 is 0 Å². The van der Waals surface area contributed by atoms with E-state index in [1.54, 1.807) is 17.7 Å². The Bertz CT molecular complexity index is 1820. The fourth-order valence-electron chi connectivity index (χ4n) is 5.77. The van der Waals surface area contributed by atoms with Crippen LogP contribution in [0.15, 0.2) is 72.0 Å². The highest BCUT2D eigenvalue weighted by Crippen LogP contribution is 2.39. The number of rotatable bonds is 7. The number of nitrogens with zero attached hydrogens (tertiary/aromatic N) is 3. The monoisotopic (exact) mass is 545 g/mol. The van der Waals surface area contributed by atoms with Crippen LogP contribution in [0.4, 0.5) is 5.69 Å². The number of aryl methyl sites for hydroxylation is 1. The van der Waals surface area contributed by atoms with Crippen molar-refractivity contribution in [1.29, 1.82) is 0 Å². The van der Waals surface area contributed by atoms with Crippen LogP contribution in [0.3, 0.4) is 0 Å². The van der Waals surface area contributed by atoms with E-state index in [1.807, 2.05) is 49.9 Å². The second-order valence-corrected chi connectivity index (χ2v) is 12.1. The predicted octanol–water partition coefficient (Wildman–Crippen LogP) is 4.66. The molecule has 4 heterocycles. The van der Waals surface area contributed by atoms with Crippen molar-refractivity contribution in [2.75, 3.05) is 23.7 Å². The van der Waals surface area contributed by atoms with Gasteiger partial charge in [0.2, 0.25) is 10.0 Å². The number of hydrogen-bond donors (Lipinski definition) is 2. The van der Waals surface area contributed by atoms with Crippen LogP contribution < -0.4 is 10.3 Å². The number of nitrogens with one attached hydrogen (secondary N) is 2. The minimum atomic E-state index is -3.57. The summed E-state index contributed by atoms with van der Waals surface area (Å²) in [5.74, 6) is 0.270. The van der Waals surface area contributed by atoms with E-state index in [2.05, 4.69) is 32.5 Å². The molecule has 1 aliphatic heterocycles. The Morgan fingerprint density at radius 2 is 1.92 bits per heavy atom. The van der Waals surface area contributed by atoms with Crippen LogP contribution >= 0.6 is 0 Å². The van der Waals surface area contributed by atoms with Crippen molar-refractivity contribution in [3.63, 3.8) is 0 Å². The molecule has 2 aromatic carbocycles. The zero-order valence-electron chi connectivity index (χ0n) is 21.9. The first-order valence-corrected chi connectivity index (χ1v) is 14.8. The van der Waals surface area contributed by atoms with E-state index in [-0.39, 0.29) is 17.4 Å². The Hall–Kier alpha value is -3.89. The zero-order chi connectivity index (χ0) is 27.1. The van der Waals surface area contributed by atoms with Gasteiger partial charge in [0.15, 0.2) is 0 Å². The molecule has 9 nitrogen and oxygen atoms in total. The maximum absolute atomic E-state index is 12.7. The average molecular weight is 546 g/mol. The van der Waals surface area contributed by atoms with Crippen molar-refractivity contribution in [2.45, 2.75) is 25.8 Å². The summed E-state index contributed by atoms with van der Waals surface area (Å²) in [6.45, 7) is 3.02. The fraction of sp³-hybridized carbons (Fsp3) is 0.310. The summed E-state index contributed by atoms with van der Waals surface area (Å²) >= 11 is 0. The summed E-state index contributed by atoms with van der Waals surface area (Å²) in [5.41, 5.74) is 5.01. The maximum atomic E-state index is 12.7. The van der Waals surface area contributed by atoms with Crippen LogP contribution in [0.5, 0.6) is 0 Å². The van der Waals surface area contributed by atoms with Gasteiger partial charge in [0, 0.05) is 43.6 Å². The molecule has 5 aromatic rings. The number of benzene rings is 2. The number of fused-ring (bicyclic) bond motifs is 2. The standard InChI is InChI=1S/C29H31N5O4S/c1-3-39(36,37)32-24-15-21(23-17-33(2)28-22(23)9-12-30-29(28)35)16-25-26(24)31-18-34(25)27(19-7-5-4-6-8-19)20-10-13-38-14-11-20/h4-9,12,15-18,20,27,32H,3,10-11,13-14H2,1-2H3,(H,30,35)/t27-/m1/s1. The van der Waals surface area contributed by atoms with Gasteiger partial charge in [-0.15, -0.1) is 0 Å². The third kappa shape index (κ3) is 4.63. The largest absolute Gasteiger partial charge is 0.381 e. The number of imidazole rings is 1. The molecular weight excluding hydrogens is 514 g/mol. The SMILES string of the molecule is CCS(=O)(=O)Nc1cc(-c2cn(C)c3c(=O)[nH]ccc23)cc2c1ncn2[C@H](c1ccccc1)C1CCOCC1. The lowest BCUT2D eigenvalue weighted by molar-refractivity contribution is 0.0547. The third-order valence-electron chi connectivity index (χ3n) is 7.69. The predicted molar refractivity (Wildman–Crippen MR) is 153 cm³/mol. The van der Waals surface area contributed by atoms with E-state index in [1.165, 1.54) is 5.56 Å². The number of pyridine rings is 1. The van der Waals surface area contributed by atoms with Crippen LogP contribution in [0.25, 0.3) is 33.1 Å². The Morgan fingerprint density at radius 1 is 1.15 bits per heavy atom. The second-order valence-electron chi connectivity index (χ2n) is 10.1. The molecule has 202 valence electrons. The summed E-state index contributed by atoms with van der Waals surface area (Å²) in [6, 6.07) is 16.1. The lowest BCUT2D eigenvalue weighted by Gasteiger charge is -2.32. The summed E-state index contributed by atoms with van der Waals surface area (Å²) in [5, 5.41) is 0.792. The molecule has 0 unspecified atom stereocenters. The molecule has 10 heteroatoms. The first-order chi connectivity index (χ1) is 18.9. The van der Waals surface area contributed by atoms with E-state index in [0.29, 0.717) is 35.9 Å². The topological polar surface area (TPSA) is 111 Å². The molecule has 0 radical (unpaired) electrons. The number of hydrogen-bond acceptors (Lipinski definition) is 5. The molecule has 0 bridgehead atoms. The lowest BCUT2D eigenvalue weighted by Crippen LogP contribution is -2.26. The minimum Gasteiger partial charge on any atom is -0.381 e. The number of H-pyrrole nitrogens is 1. The highest BCUT2D eigenvalue weighted by molar-refractivity contribution is 7.92. The molecule has 39 heavy (non-hydrogen) atoms. The van der Waals surface area contributed by atoms with E-state index in [4.69, 9.17) is 9.72 Å². The van der Waals surface area contributed by atoms with Gasteiger partial charge in [-0.1, -0.05) is 30.3 Å². The molecule has 0 aliphatic carbocycles. The number of aromatic nitrogens is 4. The van der Waals surface area contributed by atoms with E-state index in [9.17, 15) is 13.2 Å². The normalized spacial score (nSPS) is 15.6. The first-order valence-electron chi connectivity index (χ1n) is 13.2. The molecule has 1 aliphatic rings. The Labute approximate surface area is 226 Å². The highest BCUT2D eigenvalue weighted by atomic mass is 32.2. The summed E-state index contributed by atoms with van der Waals surface area (Å²) < 4.78 is 37.9. The fourth-order valence-corrected chi connectivity index (χ4v) is 6.40. The van der Waals surface area contributed by atoms with Crippen LogP contribution in [-0.2, 0) is 21.8 Å². The molecule has 6 rings (SSSR count). The van der Waals surface area contributed by atoms with E-state index in [0.717, 1.165) is 34.9 Å². The van der Waals surface area contributed by atoms with Crippen molar-refractivity contribution in [2.24, 2.45) is 13.0 Å². The van der Waals surface area contributed by atoms with Gasteiger partial charge in [-0.3, -0.25) is 9.52 Å². The Morgan fingerprint density at radius 3 is 2.67 bits per heavy atom. The summed E-state index contributed by atoms with van der Waals surface area (Å²) in [7, 11) is -1.73. The smallest absolute Gasteiger partial charge is 0.272 e. The van der Waals surface area contributed by atoms with Gasteiger partial charge in [0.05, 0.1) is 29.3 Å². The lowest BCUT2D eigenvalue weighted by atomic mass is 9.86. The number of aromatic amines is 1. The molecule has 0 spiro atoms. The maximum Gasteiger partial charge on any atom is 0.272 e. The van der Waals surface area contributed by atoms with Crippen molar-refractivity contribution >= 4 is 37.6 Å². The summed E-state index contributed by atoms with van der Waals surface area (Å²) in [6.07, 6.45) is 7.20. The van der Waals surface area contributed by atoms with Crippen molar-refractivity contribution in [1.82, 2.24) is 19.1 Å². The van der Waals surface area contributed by atoms with Crippen molar-refractivity contribution < 1.29 is 13.2 Å². The van der Waals surface area contributed by atoms with Crippen molar-refractivity contribution in [3.8, 4) is 11.1 Å². The number of anilines is 1. The molecule has 3 aromatic heterocycles.